The summed E-state index contributed by atoms with van der Waals surface area (Å²) in [6.07, 6.45) is 0.946. The van der Waals surface area contributed by atoms with Crippen molar-refractivity contribution in [2.24, 2.45) is 0 Å². The van der Waals surface area contributed by atoms with Gasteiger partial charge in [-0.2, -0.15) is 4.98 Å². The zero-order valence-electron chi connectivity index (χ0n) is 4.37. The monoisotopic (exact) mass is 128 g/mol. The van der Waals surface area contributed by atoms with E-state index in [-0.39, 0.29) is 0 Å². The quantitative estimate of drug-likeness (QED) is 0.382. The molecule has 0 bridgehead atoms. The van der Waals surface area contributed by atoms with Crippen molar-refractivity contribution in [3.05, 3.63) is 27.3 Å². The molecular formula is C3H4N4O2. The minimum absolute atomic E-state index is 0.671. The summed E-state index contributed by atoms with van der Waals surface area (Å²) in [7, 11) is 0. The summed E-state index contributed by atoms with van der Waals surface area (Å²) < 4.78 is 0.682. The van der Waals surface area contributed by atoms with Gasteiger partial charge in [0.05, 0.1) is 0 Å². The zero-order chi connectivity index (χ0) is 6.85. The van der Waals surface area contributed by atoms with Crippen molar-refractivity contribution >= 4 is 0 Å². The Morgan fingerprint density at radius 2 is 2.33 bits per heavy atom. The molecule has 0 radical (unpaired) electrons. The van der Waals surface area contributed by atoms with Crippen LogP contribution in [0.5, 0.6) is 0 Å². The Labute approximate surface area is 48.9 Å². The van der Waals surface area contributed by atoms with Crippen LogP contribution in [0.1, 0.15) is 0 Å². The molecule has 0 aliphatic carbocycles. The van der Waals surface area contributed by atoms with Gasteiger partial charge in [-0.15, -0.1) is 0 Å². The van der Waals surface area contributed by atoms with Gasteiger partial charge < -0.3 is 5.84 Å². The number of nitrogens with one attached hydrogen (secondary N) is 1. The Morgan fingerprint density at radius 1 is 1.67 bits per heavy atom. The predicted octanol–water partition coefficient (Wildman–Crippen LogP) is -2.35. The summed E-state index contributed by atoms with van der Waals surface area (Å²) in [4.78, 5) is 25.6. The second-order valence-electron chi connectivity index (χ2n) is 1.39. The van der Waals surface area contributed by atoms with Crippen molar-refractivity contribution in [3.63, 3.8) is 0 Å². The largest absolute Gasteiger partial charge is 0.350 e. The van der Waals surface area contributed by atoms with Crippen LogP contribution >= 0.6 is 0 Å². The molecule has 0 aliphatic rings. The van der Waals surface area contributed by atoms with Crippen molar-refractivity contribution < 1.29 is 0 Å². The smallest absolute Gasteiger partial charge is 0.334 e. The third kappa shape index (κ3) is 0.958. The Bertz CT molecular complexity index is 310. The fraction of sp³-hybridized carbons (Fsp3) is 0. The van der Waals surface area contributed by atoms with Crippen molar-refractivity contribution in [1.82, 2.24) is 14.6 Å². The number of aromatic nitrogens is 3. The fourth-order valence-electron chi connectivity index (χ4n) is 0.355. The highest BCUT2D eigenvalue weighted by molar-refractivity contribution is 4.64. The summed E-state index contributed by atoms with van der Waals surface area (Å²) in [6, 6.07) is 0. The third-order valence-electron chi connectivity index (χ3n) is 0.748. The van der Waals surface area contributed by atoms with Crippen molar-refractivity contribution in [3.8, 4) is 0 Å². The number of hydrogen-bond acceptors (Lipinski definition) is 4. The first kappa shape index (κ1) is 5.54. The zero-order valence-corrected chi connectivity index (χ0v) is 4.37. The van der Waals surface area contributed by atoms with Gasteiger partial charge in [0.15, 0.2) is 0 Å². The van der Waals surface area contributed by atoms with E-state index in [1.54, 1.807) is 0 Å². The molecule has 0 aromatic carbocycles. The van der Waals surface area contributed by atoms with Crippen LogP contribution in [0.25, 0.3) is 0 Å². The molecule has 0 amide bonds. The molecule has 9 heavy (non-hydrogen) atoms. The molecule has 0 saturated carbocycles. The predicted molar refractivity (Wildman–Crippen MR) is 29.3 cm³/mol. The van der Waals surface area contributed by atoms with Gasteiger partial charge in [-0.05, 0) is 0 Å². The van der Waals surface area contributed by atoms with Crippen LogP contribution in [0.15, 0.2) is 15.9 Å². The Balaban J connectivity index is 3.52. The number of H-pyrrole nitrogens is 1. The maximum Gasteiger partial charge on any atom is 0.350 e. The number of rotatable bonds is 0. The molecule has 6 nitrogen and oxygen atoms in total. The van der Waals surface area contributed by atoms with Crippen LogP contribution in [0.3, 0.4) is 0 Å². The lowest BCUT2D eigenvalue weighted by Crippen LogP contribution is -2.35. The Hall–Kier alpha value is -1.59. The van der Waals surface area contributed by atoms with Crippen molar-refractivity contribution in [1.29, 1.82) is 0 Å². The molecule has 48 valence electrons. The number of aromatic amines is 1. The molecule has 1 aromatic rings. The summed E-state index contributed by atoms with van der Waals surface area (Å²) in [6.45, 7) is 0. The standard InChI is InChI=1S/C3H4N4O2/c4-7-1-5-2(8)6-3(7)9/h1H,4H2,(H,6,8,9). The molecule has 0 unspecified atom stereocenters. The van der Waals surface area contributed by atoms with Gasteiger partial charge in [-0.3, -0.25) is 4.98 Å². The van der Waals surface area contributed by atoms with Gasteiger partial charge in [0, 0.05) is 0 Å². The lowest BCUT2D eigenvalue weighted by atomic mass is 11.0. The molecule has 1 rings (SSSR count). The first-order valence-electron chi connectivity index (χ1n) is 2.13. The maximum absolute atomic E-state index is 10.4. The van der Waals surface area contributed by atoms with Gasteiger partial charge in [0.1, 0.15) is 6.33 Å². The highest BCUT2D eigenvalue weighted by Crippen LogP contribution is 1.49. The van der Waals surface area contributed by atoms with Crippen LogP contribution in [0.4, 0.5) is 0 Å². The minimum atomic E-state index is -0.693. The number of nitrogen functional groups attached to an aromatic ring is 1. The second-order valence-corrected chi connectivity index (χ2v) is 1.39. The van der Waals surface area contributed by atoms with Gasteiger partial charge in [0.25, 0.3) is 0 Å². The SMILES string of the molecule is Nn1cnc(=O)[nH]c1=O. The molecule has 1 heterocycles. The van der Waals surface area contributed by atoms with Gasteiger partial charge >= 0.3 is 11.4 Å². The normalized spacial score (nSPS) is 9.33. The number of nitrogens with two attached hydrogens (primary N) is 1. The highest BCUT2D eigenvalue weighted by atomic mass is 16.2. The minimum Gasteiger partial charge on any atom is -0.334 e. The summed E-state index contributed by atoms with van der Waals surface area (Å²) >= 11 is 0. The molecular weight excluding hydrogens is 124 g/mol. The van der Waals surface area contributed by atoms with Crippen molar-refractivity contribution in [2.45, 2.75) is 0 Å². The van der Waals surface area contributed by atoms with E-state index in [0.29, 0.717) is 4.68 Å². The lowest BCUT2D eigenvalue weighted by Gasteiger charge is -1.88. The summed E-state index contributed by atoms with van der Waals surface area (Å²) in [5.74, 6) is 4.96. The fourth-order valence-corrected chi connectivity index (χ4v) is 0.355. The molecule has 0 spiro atoms. The Morgan fingerprint density at radius 3 is 2.78 bits per heavy atom. The van der Waals surface area contributed by atoms with E-state index in [2.05, 4.69) is 4.98 Å². The first-order chi connectivity index (χ1) is 4.20. The highest BCUT2D eigenvalue weighted by Gasteiger charge is 1.87. The van der Waals surface area contributed by atoms with E-state index in [0.717, 1.165) is 6.33 Å². The van der Waals surface area contributed by atoms with E-state index < -0.39 is 11.4 Å². The lowest BCUT2D eigenvalue weighted by molar-refractivity contribution is 0.797. The molecule has 0 atom stereocenters. The average molecular weight is 128 g/mol. The third-order valence-corrected chi connectivity index (χ3v) is 0.748. The van der Waals surface area contributed by atoms with Crippen LogP contribution in [0.2, 0.25) is 0 Å². The number of hydrogen-bond donors (Lipinski definition) is 2. The number of nitrogens with zero attached hydrogens (tertiary/aromatic N) is 2. The van der Waals surface area contributed by atoms with E-state index >= 15 is 0 Å². The second kappa shape index (κ2) is 1.73. The van der Waals surface area contributed by atoms with E-state index in [1.807, 2.05) is 4.98 Å². The molecule has 0 saturated heterocycles. The summed E-state index contributed by atoms with van der Waals surface area (Å²) in [5, 5.41) is 0. The average Bonchev–Trinajstić information content (AvgIpc) is 1.80. The van der Waals surface area contributed by atoms with Crippen molar-refractivity contribution in [2.75, 3.05) is 5.84 Å². The van der Waals surface area contributed by atoms with Gasteiger partial charge in [0.2, 0.25) is 0 Å². The van der Waals surface area contributed by atoms with E-state index in [1.165, 1.54) is 0 Å². The molecule has 0 fully saturated rings. The van der Waals surface area contributed by atoms with E-state index in [9.17, 15) is 9.59 Å². The van der Waals surface area contributed by atoms with E-state index in [4.69, 9.17) is 5.84 Å². The Kier molecular flexibility index (Phi) is 1.07. The first-order valence-corrected chi connectivity index (χ1v) is 2.13. The molecule has 3 N–H and O–H groups in total. The molecule has 1 aromatic heterocycles. The van der Waals surface area contributed by atoms with Crippen LogP contribution < -0.4 is 17.2 Å². The topological polar surface area (TPSA) is 93.8 Å². The molecule has 6 heteroatoms. The van der Waals surface area contributed by atoms with Crippen LogP contribution in [-0.2, 0) is 0 Å². The van der Waals surface area contributed by atoms with Crippen LogP contribution in [0, 0.1) is 0 Å². The maximum atomic E-state index is 10.4. The van der Waals surface area contributed by atoms with Crippen LogP contribution in [-0.4, -0.2) is 14.6 Å². The van der Waals surface area contributed by atoms with Gasteiger partial charge in [-0.1, -0.05) is 0 Å². The van der Waals surface area contributed by atoms with Gasteiger partial charge in [-0.25, -0.2) is 14.3 Å². The molecule has 0 aliphatic heterocycles. The summed E-state index contributed by atoms with van der Waals surface area (Å²) in [5.41, 5.74) is -1.36.